The fourth-order valence-electron chi connectivity index (χ4n) is 4.86. The highest BCUT2D eigenvalue weighted by molar-refractivity contribution is 7.99. The van der Waals surface area contributed by atoms with Gasteiger partial charge >= 0.3 is 0 Å². The molecule has 1 saturated heterocycles. The van der Waals surface area contributed by atoms with Gasteiger partial charge in [0.25, 0.3) is 5.91 Å². The largest absolute Gasteiger partial charge is 0.482 e. The number of nitrogens with zero attached hydrogens (tertiary/aromatic N) is 3. The van der Waals surface area contributed by atoms with Gasteiger partial charge in [-0.1, -0.05) is 68.4 Å². The number of carbonyl (C=O) groups is 1. The minimum absolute atomic E-state index is 0.0347. The highest BCUT2D eigenvalue weighted by Gasteiger charge is 2.24. The van der Waals surface area contributed by atoms with Crippen LogP contribution >= 0.6 is 23.4 Å². The van der Waals surface area contributed by atoms with E-state index in [4.69, 9.17) is 20.8 Å². The van der Waals surface area contributed by atoms with E-state index in [1.807, 2.05) is 47.4 Å². The Morgan fingerprint density at radius 1 is 1.02 bits per heavy atom. The molecule has 0 saturated carbocycles. The maximum atomic E-state index is 13.5. The Kier molecular flexibility index (Phi) is 9.90. The Hall–Kier alpha value is -3.59. The number of carbonyl (C=O) groups excluding carboxylic acids is 1. The quantitative estimate of drug-likeness (QED) is 0.209. The molecule has 0 aliphatic carbocycles. The van der Waals surface area contributed by atoms with Crippen LogP contribution in [0.2, 0.25) is 5.02 Å². The van der Waals surface area contributed by atoms with Crippen LogP contribution in [0.15, 0.2) is 98.3 Å². The number of benzene rings is 2. The summed E-state index contributed by atoms with van der Waals surface area (Å²) in [5.41, 5.74) is 2.69. The Balaban J connectivity index is 1.16. The van der Waals surface area contributed by atoms with E-state index in [2.05, 4.69) is 42.8 Å². The lowest BCUT2D eigenvalue weighted by atomic mass is 9.87. The zero-order chi connectivity index (χ0) is 30.4. The summed E-state index contributed by atoms with van der Waals surface area (Å²) < 4.78 is 11.6. The summed E-state index contributed by atoms with van der Waals surface area (Å²) in [6.07, 6.45) is 3.91. The van der Waals surface area contributed by atoms with Crippen molar-refractivity contribution in [2.24, 2.45) is 0 Å². The standard InChI is InChI=1S/C34H36ClN3O4S/c1-34(2,3)25-9-7-24(8-10-25)22-42-31-23-41-27(20-30(31)39)21-37-16-5-17-38(19-18-37)33(40)29-6-4-15-36-32(29)43-28-13-11-26(35)12-14-28/h4,6-15,20,23H,5,16-19,21-22H2,1-3H3. The van der Waals surface area contributed by atoms with Gasteiger partial charge in [0.05, 0.1) is 12.1 Å². The predicted octanol–water partition coefficient (Wildman–Crippen LogP) is 7.06. The topological polar surface area (TPSA) is 75.9 Å². The number of hydrogen-bond acceptors (Lipinski definition) is 7. The number of halogens is 1. The zero-order valence-electron chi connectivity index (χ0n) is 24.7. The Morgan fingerprint density at radius 2 is 1.79 bits per heavy atom. The highest BCUT2D eigenvalue weighted by atomic mass is 35.5. The van der Waals surface area contributed by atoms with Crippen molar-refractivity contribution >= 4 is 29.3 Å². The molecular weight excluding hydrogens is 582 g/mol. The number of ether oxygens (including phenoxy) is 1. The van der Waals surface area contributed by atoms with Crippen LogP contribution in [0.3, 0.4) is 0 Å². The first-order valence-electron chi connectivity index (χ1n) is 14.4. The first kappa shape index (κ1) is 30.9. The van der Waals surface area contributed by atoms with E-state index >= 15 is 0 Å². The van der Waals surface area contributed by atoms with Crippen molar-refractivity contribution in [3.05, 3.63) is 117 Å². The van der Waals surface area contributed by atoms with Crippen LogP contribution < -0.4 is 10.2 Å². The van der Waals surface area contributed by atoms with Crippen molar-refractivity contribution in [1.29, 1.82) is 0 Å². The molecule has 5 rings (SSSR count). The van der Waals surface area contributed by atoms with E-state index in [0.717, 1.165) is 23.4 Å². The van der Waals surface area contributed by atoms with Gasteiger partial charge in [0.15, 0.2) is 0 Å². The summed E-state index contributed by atoms with van der Waals surface area (Å²) in [5.74, 6) is 0.730. The number of aromatic nitrogens is 1. The molecule has 1 amide bonds. The molecule has 0 bridgehead atoms. The normalized spacial score (nSPS) is 14.4. The molecule has 1 aliphatic heterocycles. The first-order valence-corrected chi connectivity index (χ1v) is 15.6. The average Bonchev–Trinajstić information content (AvgIpc) is 3.23. The van der Waals surface area contributed by atoms with Crippen LogP contribution in [0.1, 0.15) is 54.4 Å². The molecule has 2 aromatic carbocycles. The maximum Gasteiger partial charge on any atom is 0.256 e. The fraction of sp³-hybridized carbons (Fsp3) is 0.324. The lowest BCUT2D eigenvalue weighted by Crippen LogP contribution is -2.35. The molecule has 0 N–H and O–H groups in total. The number of rotatable bonds is 8. The minimum atomic E-state index is -0.207. The minimum Gasteiger partial charge on any atom is -0.482 e. The van der Waals surface area contributed by atoms with E-state index < -0.39 is 0 Å². The number of hydrogen-bond donors (Lipinski definition) is 0. The third kappa shape index (κ3) is 8.28. The SMILES string of the molecule is CC(C)(C)c1ccc(COc2coc(CN3CCCN(C(=O)c4cccnc4Sc4ccc(Cl)cc4)CC3)cc2=O)cc1. The van der Waals surface area contributed by atoms with E-state index in [1.165, 1.54) is 29.7 Å². The van der Waals surface area contributed by atoms with Crippen LogP contribution in [0.25, 0.3) is 0 Å². The second-order valence-electron chi connectivity index (χ2n) is 11.6. The lowest BCUT2D eigenvalue weighted by molar-refractivity contribution is 0.0756. The molecule has 0 spiro atoms. The van der Waals surface area contributed by atoms with E-state index in [1.54, 1.807) is 12.3 Å². The molecule has 9 heteroatoms. The molecule has 43 heavy (non-hydrogen) atoms. The Bertz CT molecular complexity index is 1600. The highest BCUT2D eigenvalue weighted by Crippen LogP contribution is 2.30. The van der Waals surface area contributed by atoms with Crippen LogP contribution in [-0.2, 0) is 18.6 Å². The van der Waals surface area contributed by atoms with Gasteiger partial charge in [-0.05, 0) is 59.4 Å². The second kappa shape index (κ2) is 13.8. The summed E-state index contributed by atoms with van der Waals surface area (Å²) in [7, 11) is 0. The van der Waals surface area contributed by atoms with E-state index in [9.17, 15) is 9.59 Å². The van der Waals surface area contributed by atoms with Gasteiger partial charge < -0.3 is 14.1 Å². The van der Waals surface area contributed by atoms with E-state index in [-0.39, 0.29) is 22.5 Å². The Morgan fingerprint density at radius 3 is 2.51 bits per heavy atom. The molecule has 0 atom stereocenters. The molecule has 0 unspecified atom stereocenters. The smallest absolute Gasteiger partial charge is 0.256 e. The number of pyridine rings is 1. The maximum absolute atomic E-state index is 13.5. The van der Waals surface area contributed by atoms with Crippen molar-refractivity contribution in [2.75, 3.05) is 26.2 Å². The van der Waals surface area contributed by atoms with Gasteiger partial charge in [-0.25, -0.2) is 4.98 Å². The van der Waals surface area contributed by atoms with E-state index in [0.29, 0.717) is 54.2 Å². The van der Waals surface area contributed by atoms with Gasteiger partial charge in [0.1, 0.15) is 23.7 Å². The molecule has 1 fully saturated rings. The monoisotopic (exact) mass is 617 g/mol. The summed E-state index contributed by atoms with van der Waals surface area (Å²) in [4.78, 5) is 35.8. The molecule has 224 valence electrons. The van der Waals surface area contributed by atoms with Gasteiger partial charge in [-0.2, -0.15) is 0 Å². The van der Waals surface area contributed by atoms with Gasteiger partial charge in [0.2, 0.25) is 11.2 Å². The van der Waals surface area contributed by atoms with Crippen LogP contribution in [0.5, 0.6) is 5.75 Å². The summed E-state index contributed by atoms with van der Waals surface area (Å²) >= 11 is 7.47. The molecule has 2 aromatic heterocycles. The third-order valence-electron chi connectivity index (χ3n) is 7.35. The number of amides is 1. The van der Waals surface area contributed by atoms with Gasteiger partial charge in [-0.15, -0.1) is 0 Å². The molecule has 0 radical (unpaired) electrons. The van der Waals surface area contributed by atoms with Gasteiger partial charge in [0, 0.05) is 48.4 Å². The van der Waals surface area contributed by atoms with Crippen LogP contribution in [-0.4, -0.2) is 46.9 Å². The molecule has 3 heterocycles. The summed E-state index contributed by atoms with van der Waals surface area (Å²) in [6.45, 7) is 9.96. The van der Waals surface area contributed by atoms with Crippen molar-refractivity contribution in [3.8, 4) is 5.75 Å². The Labute approximate surface area is 261 Å². The summed E-state index contributed by atoms with van der Waals surface area (Å²) in [5, 5.41) is 1.33. The zero-order valence-corrected chi connectivity index (χ0v) is 26.3. The fourth-order valence-corrected chi connectivity index (χ4v) is 5.86. The predicted molar refractivity (Wildman–Crippen MR) is 170 cm³/mol. The molecule has 4 aromatic rings. The lowest BCUT2D eigenvalue weighted by Gasteiger charge is -2.22. The molecular formula is C34H36ClN3O4S. The van der Waals surface area contributed by atoms with Crippen LogP contribution in [0, 0.1) is 0 Å². The van der Waals surface area contributed by atoms with Crippen molar-refractivity contribution in [2.45, 2.75) is 55.7 Å². The molecule has 7 nitrogen and oxygen atoms in total. The van der Waals surface area contributed by atoms with Gasteiger partial charge in [-0.3, -0.25) is 14.5 Å². The first-order chi connectivity index (χ1) is 20.7. The third-order valence-corrected chi connectivity index (χ3v) is 8.63. The van der Waals surface area contributed by atoms with Crippen molar-refractivity contribution in [3.63, 3.8) is 0 Å². The van der Waals surface area contributed by atoms with Crippen molar-refractivity contribution in [1.82, 2.24) is 14.8 Å². The second-order valence-corrected chi connectivity index (χ2v) is 13.1. The average molecular weight is 618 g/mol. The molecule has 1 aliphatic rings. The van der Waals surface area contributed by atoms with Crippen LogP contribution in [0.4, 0.5) is 0 Å². The van der Waals surface area contributed by atoms with Crippen molar-refractivity contribution < 1.29 is 13.9 Å². The summed E-state index contributed by atoms with van der Waals surface area (Å²) in [6, 6.07) is 20.9.